The molecule has 2 aromatic carbocycles. The zero-order valence-corrected chi connectivity index (χ0v) is 23.4. The van der Waals surface area contributed by atoms with Crippen LogP contribution in [0.5, 0.6) is 23.0 Å². The van der Waals surface area contributed by atoms with Gasteiger partial charge >= 0.3 is 12.1 Å². The van der Waals surface area contributed by atoms with E-state index in [-0.39, 0.29) is 17.8 Å². The molecule has 0 saturated carbocycles. The number of hydrogen-bond donors (Lipinski definition) is 0. The Morgan fingerprint density at radius 3 is 2.18 bits per heavy atom. The summed E-state index contributed by atoms with van der Waals surface area (Å²) in [7, 11) is 6.50. The standard InChI is InChI=1S/C30H40N2O7/c1-31(14-15-32-12-6-5-7-13-32)30(34)39-26-11-9-22(19-28(26)37-4)17-24-23(20-38-29(24)33)16-21-8-10-25(35-2)27(18-21)36-3/h8-11,18-19,23-24H,5-7,12-17,20H2,1-4H3/t23-,24+/m0/s1. The molecule has 2 aromatic rings. The smallest absolute Gasteiger partial charge is 0.415 e. The van der Waals surface area contributed by atoms with Crippen LogP contribution in [0.4, 0.5) is 4.79 Å². The first-order valence-corrected chi connectivity index (χ1v) is 13.6. The maximum absolute atomic E-state index is 12.7. The van der Waals surface area contributed by atoms with E-state index in [1.807, 2.05) is 30.3 Å². The van der Waals surface area contributed by atoms with Crippen molar-refractivity contribution in [1.82, 2.24) is 9.80 Å². The Kier molecular flexibility index (Phi) is 9.92. The average Bonchev–Trinajstić information content (AvgIpc) is 3.30. The molecule has 0 radical (unpaired) electrons. The molecule has 2 aliphatic heterocycles. The van der Waals surface area contributed by atoms with Gasteiger partial charge in [0.15, 0.2) is 23.0 Å². The van der Waals surface area contributed by atoms with Gasteiger partial charge < -0.3 is 33.5 Å². The molecule has 0 unspecified atom stereocenters. The number of nitrogens with zero attached hydrogens (tertiary/aromatic N) is 2. The van der Waals surface area contributed by atoms with Gasteiger partial charge in [-0.2, -0.15) is 0 Å². The summed E-state index contributed by atoms with van der Waals surface area (Å²) in [5.74, 6) is 1.65. The number of benzene rings is 2. The van der Waals surface area contributed by atoms with E-state index < -0.39 is 6.09 Å². The second-order valence-corrected chi connectivity index (χ2v) is 10.3. The zero-order chi connectivity index (χ0) is 27.8. The van der Waals surface area contributed by atoms with Crippen molar-refractivity contribution in [3.05, 3.63) is 47.5 Å². The molecular weight excluding hydrogens is 500 g/mol. The topological polar surface area (TPSA) is 86.8 Å². The number of carbonyl (C=O) groups is 2. The quantitative estimate of drug-likeness (QED) is 0.392. The molecule has 2 saturated heterocycles. The number of likely N-dealkylation sites (N-methyl/N-ethyl adjacent to an activating group) is 1. The second kappa shape index (κ2) is 13.6. The monoisotopic (exact) mass is 540 g/mol. The van der Waals surface area contributed by atoms with Gasteiger partial charge in [0.05, 0.1) is 33.9 Å². The van der Waals surface area contributed by atoms with Crippen LogP contribution in [0.25, 0.3) is 0 Å². The normalized spacial score (nSPS) is 19.3. The van der Waals surface area contributed by atoms with E-state index in [0.717, 1.165) is 30.8 Å². The highest BCUT2D eigenvalue weighted by Crippen LogP contribution is 2.35. The van der Waals surface area contributed by atoms with Crippen molar-refractivity contribution in [3.8, 4) is 23.0 Å². The summed E-state index contributed by atoms with van der Waals surface area (Å²) in [4.78, 5) is 29.3. The van der Waals surface area contributed by atoms with Crippen LogP contribution in [-0.2, 0) is 22.4 Å². The SMILES string of the molecule is COc1ccc(C[C@H]2COC(=O)[C@@H]2Cc2ccc(OC(=O)N(C)CCN3CCCCC3)c(OC)c2)cc1OC. The molecule has 0 spiro atoms. The summed E-state index contributed by atoms with van der Waals surface area (Å²) in [6.45, 7) is 3.98. The van der Waals surface area contributed by atoms with E-state index in [1.54, 1.807) is 39.3 Å². The fourth-order valence-electron chi connectivity index (χ4n) is 5.28. The predicted molar refractivity (Wildman–Crippen MR) is 147 cm³/mol. The highest BCUT2D eigenvalue weighted by atomic mass is 16.6. The minimum atomic E-state index is -0.424. The molecule has 39 heavy (non-hydrogen) atoms. The third-order valence-corrected chi connectivity index (χ3v) is 7.65. The molecule has 212 valence electrons. The molecule has 2 heterocycles. The Balaban J connectivity index is 1.37. The predicted octanol–water partition coefficient (Wildman–Crippen LogP) is 4.20. The van der Waals surface area contributed by atoms with Gasteiger partial charge in [-0.1, -0.05) is 18.6 Å². The molecule has 2 atom stereocenters. The molecule has 1 amide bonds. The molecule has 9 heteroatoms. The van der Waals surface area contributed by atoms with Crippen LogP contribution in [0, 0.1) is 11.8 Å². The Labute approximate surface area is 230 Å². The van der Waals surface area contributed by atoms with Crippen molar-refractivity contribution in [2.45, 2.75) is 32.1 Å². The van der Waals surface area contributed by atoms with Gasteiger partial charge in [0.25, 0.3) is 0 Å². The van der Waals surface area contributed by atoms with Crippen LogP contribution in [-0.4, -0.2) is 83.0 Å². The number of methoxy groups -OCH3 is 3. The second-order valence-electron chi connectivity index (χ2n) is 10.3. The van der Waals surface area contributed by atoms with E-state index in [1.165, 1.54) is 19.3 Å². The fourth-order valence-corrected chi connectivity index (χ4v) is 5.28. The zero-order valence-electron chi connectivity index (χ0n) is 23.4. The summed E-state index contributed by atoms with van der Waals surface area (Å²) < 4.78 is 27.4. The molecule has 0 bridgehead atoms. The average molecular weight is 541 g/mol. The van der Waals surface area contributed by atoms with Gasteiger partial charge in [-0.15, -0.1) is 0 Å². The van der Waals surface area contributed by atoms with Crippen LogP contribution >= 0.6 is 0 Å². The number of amides is 1. The molecule has 0 N–H and O–H groups in total. The minimum Gasteiger partial charge on any atom is -0.493 e. The molecule has 2 aliphatic rings. The van der Waals surface area contributed by atoms with Crippen molar-refractivity contribution in [2.24, 2.45) is 11.8 Å². The van der Waals surface area contributed by atoms with Crippen LogP contribution in [0.1, 0.15) is 30.4 Å². The van der Waals surface area contributed by atoms with Gasteiger partial charge in [-0.3, -0.25) is 4.79 Å². The first-order chi connectivity index (χ1) is 18.9. The number of esters is 1. The van der Waals surface area contributed by atoms with E-state index in [2.05, 4.69) is 4.90 Å². The summed E-state index contributed by atoms with van der Waals surface area (Å²) in [5, 5.41) is 0. The molecule has 0 aliphatic carbocycles. The van der Waals surface area contributed by atoms with E-state index >= 15 is 0 Å². The van der Waals surface area contributed by atoms with Crippen molar-refractivity contribution >= 4 is 12.1 Å². The van der Waals surface area contributed by atoms with Gasteiger partial charge in [0, 0.05) is 26.1 Å². The Morgan fingerprint density at radius 1 is 0.897 bits per heavy atom. The number of rotatable bonds is 11. The van der Waals surface area contributed by atoms with Gasteiger partial charge in [-0.05, 0) is 74.2 Å². The van der Waals surface area contributed by atoms with Gasteiger partial charge in [-0.25, -0.2) is 4.79 Å². The lowest BCUT2D eigenvalue weighted by Gasteiger charge is -2.28. The molecule has 0 aromatic heterocycles. The maximum atomic E-state index is 12.7. The fraction of sp³-hybridized carbons (Fsp3) is 0.533. The lowest BCUT2D eigenvalue weighted by molar-refractivity contribution is -0.141. The van der Waals surface area contributed by atoms with Crippen molar-refractivity contribution < 1.29 is 33.3 Å². The van der Waals surface area contributed by atoms with Crippen LogP contribution in [0.2, 0.25) is 0 Å². The van der Waals surface area contributed by atoms with Crippen LogP contribution in [0.15, 0.2) is 36.4 Å². The highest BCUT2D eigenvalue weighted by Gasteiger charge is 2.37. The summed E-state index contributed by atoms with van der Waals surface area (Å²) in [6.07, 6.45) is 4.46. The minimum absolute atomic E-state index is 0.0210. The van der Waals surface area contributed by atoms with Crippen molar-refractivity contribution in [2.75, 3.05) is 61.2 Å². The molecular formula is C30H40N2O7. The first kappa shape index (κ1) is 28.5. The Hall–Kier alpha value is -3.46. The summed E-state index contributed by atoms with van der Waals surface area (Å²) >= 11 is 0. The highest BCUT2D eigenvalue weighted by molar-refractivity contribution is 5.75. The third kappa shape index (κ3) is 7.35. The number of cyclic esters (lactones) is 1. The van der Waals surface area contributed by atoms with E-state index in [0.29, 0.717) is 49.0 Å². The van der Waals surface area contributed by atoms with Crippen molar-refractivity contribution in [3.63, 3.8) is 0 Å². The van der Waals surface area contributed by atoms with Crippen LogP contribution < -0.4 is 18.9 Å². The first-order valence-electron chi connectivity index (χ1n) is 13.6. The molecule has 2 fully saturated rings. The largest absolute Gasteiger partial charge is 0.493 e. The lowest BCUT2D eigenvalue weighted by atomic mass is 9.85. The Bertz CT molecular complexity index is 1130. The molecule has 4 rings (SSSR count). The summed E-state index contributed by atoms with van der Waals surface area (Å²) in [5.41, 5.74) is 1.96. The number of ether oxygens (including phenoxy) is 5. The number of hydrogen-bond acceptors (Lipinski definition) is 8. The maximum Gasteiger partial charge on any atom is 0.415 e. The third-order valence-electron chi connectivity index (χ3n) is 7.65. The van der Waals surface area contributed by atoms with Crippen molar-refractivity contribution in [1.29, 1.82) is 0 Å². The molecule has 9 nitrogen and oxygen atoms in total. The van der Waals surface area contributed by atoms with Gasteiger partial charge in [0.1, 0.15) is 0 Å². The number of piperidine rings is 1. The Morgan fingerprint density at radius 2 is 1.51 bits per heavy atom. The van der Waals surface area contributed by atoms with Crippen LogP contribution in [0.3, 0.4) is 0 Å². The lowest BCUT2D eigenvalue weighted by Crippen LogP contribution is -2.39. The van der Waals surface area contributed by atoms with E-state index in [4.69, 9.17) is 23.7 Å². The number of likely N-dealkylation sites (tertiary alicyclic amines) is 1. The van der Waals surface area contributed by atoms with Gasteiger partial charge in [0.2, 0.25) is 0 Å². The number of carbonyl (C=O) groups excluding carboxylic acids is 2. The summed E-state index contributed by atoms with van der Waals surface area (Å²) in [6, 6.07) is 11.2. The van der Waals surface area contributed by atoms with E-state index in [9.17, 15) is 9.59 Å².